The van der Waals surface area contributed by atoms with Crippen LogP contribution in [0.25, 0.3) is 0 Å². The van der Waals surface area contributed by atoms with Crippen LogP contribution in [0.5, 0.6) is 0 Å². The largest absolute Gasteiger partial charge is 0.302 e. The highest BCUT2D eigenvalue weighted by molar-refractivity contribution is 7.92. The Morgan fingerprint density at radius 1 is 1.22 bits per heavy atom. The van der Waals surface area contributed by atoms with E-state index in [1.807, 2.05) is 7.05 Å². The van der Waals surface area contributed by atoms with Crippen molar-refractivity contribution in [2.45, 2.75) is 57.2 Å². The fraction of sp³-hybridized carbons (Fsp3) is 0.923. The monoisotopic (exact) mass is 275 g/mol. The summed E-state index contributed by atoms with van der Waals surface area (Å²) in [5.41, 5.74) is 0. The molecule has 0 atom stereocenters. The Kier molecular flexibility index (Phi) is 4.95. The molecule has 1 aliphatic carbocycles. The lowest BCUT2D eigenvalue weighted by Gasteiger charge is -2.31. The average Bonchev–Trinajstić information content (AvgIpc) is 2.25. The van der Waals surface area contributed by atoms with Crippen molar-refractivity contribution in [1.29, 1.82) is 0 Å². The van der Waals surface area contributed by atoms with Gasteiger partial charge in [0.25, 0.3) is 0 Å². The third-order valence-electron chi connectivity index (χ3n) is 3.78. The van der Waals surface area contributed by atoms with E-state index in [0.717, 1.165) is 12.8 Å². The molecule has 0 aromatic rings. The quantitative estimate of drug-likeness (QED) is 0.783. The van der Waals surface area contributed by atoms with E-state index in [4.69, 9.17) is 0 Å². The van der Waals surface area contributed by atoms with Crippen LogP contribution >= 0.6 is 0 Å². The first-order valence-corrected chi connectivity index (χ1v) is 8.23. The lowest BCUT2D eigenvalue weighted by Crippen LogP contribution is -2.40. The van der Waals surface area contributed by atoms with Gasteiger partial charge in [-0.2, -0.15) is 0 Å². The van der Waals surface area contributed by atoms with E-state index >= 15 is 0 Å². The standard InChI is InChI=1S/C13H25NO3S/c1-13(2,3)18(16,17)10-9-14(4)11-5-7-12(15)8-6-11/h11H,5-10H2,1-4H3. The Labute approximate surface area is 111 Å². The number of ketones is 1. The summed E-state index contributed by atoms with van der Waals surface area (Å²) in [4.78, 5) is 13.3. The fourth-order valence-electron chi connectivity index (χ4n) is 2.12. The van der Waals surface area contributed by atoms with E-state index in [2.05, 4.69) is 4.90 Å². The number of nitrogens with zero attached hydrogens (tertiary/aromatic N) is 1. The SMILES string of the molecule is CN(CCS(=O)(=O)C(C)(C)C)C1CCC(=O)CC1. The highest BCUT2D eigenvalue weighted by Gasteiger charge is 2.30. The van der Waals surface area contributed by atoms with Crippen LogP contribution in [-0.4, -0.2) is 49.2 Å². The summed E-state index contributed by atoms with van der Waals surface area (Å²) in [6.45, 7) is 5.77. The van der Waals surface area contributed by atoms with Gasteiger partial charge < -0.3 is 4.90 Å². The highest BCUT2D eigenvalue weighted by Crippen LogP contribution is 2.21. The van der Waals surface area contributed by atoms with Crippen molar-refractivity contribution < 1.29 is 13.2 Å². The smallest absolute Gasteiger partial charge is 0.156 e. The van der Waals surface area contributed by atoms with Crippen LogP contribution in [-0.2, 0) is 14.6 Å². The third-order valence-corrected chi connectivity index (χ3v) is 6.37. The molecule has 106 valence electrons. The predicted molar refractivity (Wildman–Crippen MR) is 73.4 cm³/mol. The molecular weight excluding hydrogens is 250 g/mol. The molecule has 0 aromatic carbocycles. The second kappa shape index (κ2) is 5.70. The highest BCUT2D eigenvalue weighted by atomic mass is 32.2. The van der Waals surface area contributed by atoms with Gasteiger partial charge in [0, 0.05) is 25.4 Å². The maximum absolute atomic E-state index is 12.0. The second-order valence-corrected chi connectivity index (χ2v) is 9.04. The fourth-order valence-corrected chi connectivity index (χ4v) is 3.26. The van der Waals surface area contributed by atoms with Gasteiger partial charge in [0.2, 0.25) is 0 Å². The summed E-state index contributed by atoms with van der Waals surface area (Å²) in [7, 11) is -1.09. The molecule has 1 aliphatic rings. The zero-order valence-electron chi connectivity index (χ0n) is 11.9. The maximum atomic E-state index is 12.0. The van der Waals surface area contributed by atoms with Crippen molar-refractivity contribution in [3.05, 3.63) is 0 Å². The average molecular weight is 275 g/mol. The molecular formula is C13H25NO3S. The molecule has 1 fully saturated rings. The summed E-state index contributed by atoms with van der Waals surface area (Å²) in [5.74, 6) is 0.527. The first kappa shape index (κ1) is 15.6. The Balaban J connectivity index is 2.47. The predicted octanol–water partition coefficient (Wildman–Crippen LogP) is 1.64. The van der Waals surface area contributed by atoms with Crippen molar-refractivity contribution >= 4 is 15.6 Å². The minimum atomic E-state index is -3.05. The molecule has 1 rings (SSSR count). The number of hydrogen-bond donors (Lipinski definition) is 0. The number of carbonyl (C=O) groups is 1. The van der Waals surface area contributed by atoms with E-state index in [9.17, 15) is 13.2 Å². The van der Waals surface area contributed by atoms with Crippen LogP contribution in [0, 0.1) is 0 Å². The van der Waals surface area contributed by atoms with Crippen LogP contribution in [0.4, 0.5) is 0 Å². The molecule has 0 saturated heterocycles. The molecule has 0 aromatic heterocycles. The minimum Gasteiger partial charge on any atom is -0.302 e. The molecule has 0 amide bonds. The van der Waals surface area contributed by atoms with Gasteiger partial charge in [-0.15, -0.1) is 0 Å². The second-order valence-electron chi connectivity index (χ2n) is 6.18. The van der Waals surface area contributed by atoms with Gasteiger partial charge in [-0.25, -0.2) is 8.42 Å². The molecule has 0 N–H and O–H groups in total. The zero-order valence-corrected chi connectivity index (χ0v) is 12.7. The van der Waals surface area contributed by atoms with Gasteiger partial charge in [0.1, 0.15) is 5.78 Å². The van der Waals surface area contributed by atoms with E-state index < -0.39 is 14.6 Å². The van der Waals surface area contributed by atoms with Crippen LogP contribution in [0.15, 0.2) is 0 Å². The van der Waals surface area contributed by atoms with Crippen LogP contribution in [0.2, 0.25) is 0 Å². The van der Waals surface area contributed by atoms with Gasteiger partial charge in [0.15, 0.2) is 9.84 Å². The summed E-state index contributed by atoms with van der Waals surface area (Å²) in [6, 6.07) is 0.359. The molecule has 4 nitrogen and oxygen atoms in total. The van der Waals surface area contributed by atoms with Crippen LogP contribution < -0.4 is 0 Å². The maximum Gasteiger partial charge on any atom is 0.156 e. The van der Waals surface area contributed by atoms with Gasteiger partial charge in [0.05, 0.1) is 10.5 Å². The Morgan fingerprint density at radius 2 is 1.72 bits per heavy atom. The number of carbonyl (C=O) groups excluding carboxylic acids is 1. The first-order chi connectivity index (χ1) is 8.13. The summed E-state index contributed by atoms with van der Waals surface area (Å²) >= 11 is 0. The van der Waals surface area contributed by atoms with Crippen molar-refractivity contribution in [3.8, 4) is 0 Å². The Morgan fingerprint density at radius 3 is 2.17 bits per heavy atom. The molecule has 0 aliphatic heterocycles. The van der Waals surface area contributed by atoms with Gasteiger partial charge in [-0.05, 0) is 40.7 Å². The Hall–Kier alpha value is -0.420. The number of Topliss-reactive ketones (excluding diaryl/α,β-unsaturated/α-hetero) is 1. The molecule has 0 heterocycles. The van der Waals surface area contributed by atoms with E-state index in [-0.39, 0.29) is 5.75 Å². The zero-order chi connectivity index (χ0) is 14.0. The molecule has 18 heavy (non-hydrogen) atoms. The molecule has 0 spiro atoms. The molecule has 0 radical (unpaired) electrons. The molecule has 5 heteroatoms. The van der Waals surface area contributed by atoms with Crippen molar-refractivity contribution in [1.82, 2.24) is 4.90 Å². The normalized spacial score (nSPS) is 19.5. The topological polar surface area (TPSA) is 54.5 Å². The molecule has 1 saturated carbocycles. The number of sulfone groups is 1. The lowest BCUT2D eigenvalue weighted by atomic mass is 9.93. The van der Waals surface area contributed by atoms with Gasteiger partial charge >= 0.3 is 0 Å². The summed E-state index contributed by atoms with van der Waals surface area (Å²) < 4.78 is 23.3. The van der Waals surface area contributed by atoms with Crippen molar-refractivity contribution in [3.63, 3.8) is 0 Å². The van der Waals surface area contributed by atoms with E-state index in [1.54, 1.807) is 20.8 Å². The van der Waals surface area contributed by atoms with E-state index in [1.165, 1.54) is 0 Å². The minimum absolute atomic E-state index is 0.192. The summed E-state index contributed by atoms with van der Waals surface area (Å²) in [6.07, 6.45) is 3.01. The van der Waals surface area contributed by atoms with Gasteiger partial charge in [-0.3, -0.25) is 4.79 Å². The van der Waals surface area contributed by atoms with Gasteiger partial charge in [-0.1, -0.05) is 0 Å². The summed E-state index contributed by atoms with van der Waals surface area (Å²) in [5, 5.41) is 0. The first-order valence-electron chi connectivity index (χ1n) is 6.58. The van der Waals surface area contributed by atoms with Crippen LogP contribution in [0.3, 0.4) is 0 Å². The molecule has 0 unspecified atom stereocenters. The number of rotatable bonds is 4. The molecule has 0 bridgehead atoms. The van der Waals surface area contributed by atoms with Crippen molar-refractivity contribution in [2.24, 2.45) is 0 Å². The third kappa shape index (κ3) is 4.05. The van der Waals surface area contributed by atoms with Crippen LogP contribution in [0.1, 0.15) is 46.5 Å². The van der Waals surface area contributed by atoms with E-state index in [0.29, 0.717) is 31.2 Å². The van der Waals surface area contributed by atoms with Crippen molar-refractivity contribution in [2.75, 3.05) is 19.3 Å². The number of hydrogen-bond acceptors (Lipinski definition) is 4. The lowest BCUT2D eigenvalue weighted by molar-refractivity contribution is -0.121. The Bertz CT molecular complexity index is 385.